The smallest absolute Gasteiger partial charge is 0.0401 e. The van der Waals surface area contributed by atoms with Crippen molar-refractivity contribution in [3.05, 3.63) is 54.1 Å². The maximum absolute atomic E-state index is 5.83. The Morgan fingerprint density at radius 3 is 2.79 bits per heavy atom. The first-order chi connectivity index (χ1) is 9.33. The summed E-state index contributed by atoms with van der Waals surface area (Å²) in [6, 6.07) is 16.9. The first-order valence-electron chi connectivity index (χ1n) is 6.64. The summed E-state index contributed by atoms with van der Waals surface area (Å²) in [5.41, 5.74) is 9.46. The van der Waals surface area contributed by atoms with Crippen molar-refractivity contribution in [2.75, 3.05) is 29.5 Å². The zero-order valence-electron chi connectivity index (χ0n) is 10.9. The van der Waals surface area contributed by atoms with E-state index in [1.54, 1.807) is 0 Å². The molecule has 19 heavy (non-hydrogen) atoms. The second-order valence-corrected chi connectivity index (χ2v) is 5.96. The minimum atomic E-state index is 0.874. The van der Waals surface area contributed by atoms with E-state index in [9.17, 15) is 0 Å². The molecule has 2 nitrogen and oxygen atoms in total. The maximum atomic E-state index is 5.83. The highest BCUT2D eigenvalue weighted by atomic mass is 32.2. The van der Waals surface area contributed by atoms with Crippen molar-refractivity contribution in [2.24, 2.45) is 0 Å². The van der Waals surface area contributed by atoms with Crippen LogP contribution in [0.1, 0.15) is 5.56 Å². The number of hydrogen-bond acceptors (Lipinski definition) is 3. The summed E-state index contributed by atoms with van der Waals surface area (Å²) in [5, 5.41) is 0. The SMILES string of the molecule is Nc1ccc2c(c1)CCN2CCSc1ccccc1. The van der Waals surface area contributed by atoms with Crippen LogP contribution in [0.15, 0.2) is 53.4 Å². The molecule has 1 aliphatic heterocycles. The second kappa shape index (κ2) is 5.57. The standard InChI is InChI=1S/C16H18N2S/c17-14-6-7-16-13(12-14)8-9-18(16)10-11-19-15-4-2-1-3-5-15/h1-7,12H,8-11,17H2. The van der Waals surface area contributed by atoms with E-state index in [4.69, 9.17) is 5.73 Å². The minimum Gasteiger partial charge on any atom is -0.399 e. The van der Waals surface area contributed by atoms with E-state index in [0.29, 0.717) is 0 Å². The average molecular weight is 270 g/mol. The van der Waals surface area contributed by atoms with Gasteiger partial charge in [0.25, 0.3) is 0 Å². The van der Waals surface area contributed by atoms with Crippen molar-refractivity contribution >= 4 is 23.1 Å². The summed E-state index contributed by atoms with van der Waals surface area (Å²) in [7, 11) is 0. The third kappa shape index (κ3) is 2.87. The summed E-state index contributed by atoms with van der Waals surface area (Å²) in [6.07, 6.45) is 1.12. The van der Waals surface area contributed by atoms with Gasteiger partial charge in [-0.3, -0.25) is 0 Å². The fraction of sp³-hybridized carbons (Fsp3) is 0.250. The highest BCUT2D eigenvalue weighted by molar-refractivity contribution is 7.99. The predicted octanol–water partition coefficient (Wildman–Crippen LogP) is 3.42. The van der Waals surface area contributed by atoms with Gasteiger partial charge in [0.1, 0.15) is 0 Å². The van der Waals surface area contributed by atoms with Crippen molar-refractivity contribution in [3.8, 4) is 0 Å². The van der Waals surface area contributed by atoms with E-state index in [-0.39, 0.29) is 0 Å². The van der Waals surface area contributed by atoms with Gasteiger partial charge in [0.2, 0.25) is 0 Å². The monoisotopic (exact) mass is 270 g/mol. The van der Waals surface area contributed by atoms with Crippen LogP contribution in [0, 0.1) is 0 Å². The normalized spacial score (nSPS) is 13.6. The molecule has 1 aliphatic rings. The molecule has 0 fully saturated rings. The van der Waals surface area contributed by atoms with Gasteiger partial charge < -0.3 is 10.6 Å². The van der Waals surface area contributed by atoms with E-state index in [2.05, 4.69) is 47.4 Å². The van der Waals surface area contributed by atoms with E-state index in [1.165, 1.54) is 16.1 Å². The van der Waals surface area contributed by atoms with Gasteiger partial charge >= 0.3 is 0 Å². The molecule has 3 rings (SSSR count). The molecule has 0 aliphatic carbocycles. The van der Waals surface area contributed by atoms with Crippen LogP contribution >= 0.6 is 11.8 Å². The summed E-state index contributed by atoms with van der Waals surface area (Å²) in [4.78, 5) is 3.81. The quantitative estimate of drug-likeness (QED) is 0.682. The number of nitrogens with zero attached hydrogens (tertiary/aromatic N) is 1. The molecule has 98 valence electrons. The average Bonchev–Trinajstić information content (AvgIpc) is 2.82. The number of anilines is 2. The van der Waals surface area contributed by atoms with Gasteiger partial charge in [-0.05, 0) is 42.3 Å². The molecule has 0 unspecified atom stereocenters. The summed E-state index contributed by atoms with van der Waals surface area (Å²) < 4.78 is 0. The van der Waals surface area contributed by atoms with Crippen LogP contribution in [0.3, 0.4) is 0 Å². The Balaban J connectivity index is 1.58. The van der Waals surface area contributed by atoms with Crippen LogP contribution in [0.2, 0.25) is 0 Å². The number of thioether (sulfide) groups is 1. The lowest BCUT2D eigenvalue weighted by Gasteiger charge is -2.19. The molecule has 2 N–H and O–H groups in total. The molecular formula is C16H18N2S. The zero-order valence-corrected chi connectivity index (χ0v) is 11.7. The highest BCUT2D eigenvalue weighted by Gasteiger charge is 2.18. The Hall–Kier alpha value is -1.61. The van der Waals surface area contributed by atoms with Crippen molar-refractivity contribution < 1.29 is 0 Å². The molecular weight excluding hydrogens is 252 g/mol. The van der Waals surface area contributed by atoms with Gasteiger partial charge in [-0.1, -0.05) is 18.2 Å². The third-order valence-electron chi connectivity index (χ3n) is 3.47. The lowest BCUT2D eigenvalue weighted by Crippen LogP contribution is -2.23. The van der Waals surface area contributed by atoms with Gasteiger partial charge in [0.15, 0.2) is 0 Å². The van der Waals surface area contributed by atoms with Crippen LogP contribution < -0.4 is 10.6 Å². The Morgan fingerprint density at radius 1 is 1.11 bits per heavy atom. The van der Waals surface area contributed by atoms with Gasteiger partial charge in [0, 0.05) is 35.1 Å². The third-order valence-corrected chi connectivity index (χ3v) is 4.46. The van der Waals surface area contributed by atoms with Gasteiger partial charge in [-0.2, -0.15) is 0 Å². The molecule has 2 aromatic rings. The molecule has 0 saturated carbocycles. The maximum Gasteiger partial charge on any atom is 0.0401 e. The summed E-state index contributed by atoms with van der Waals surface area (Å²) in [6.45, 7) is 2.21. The minimum absolute atomic E-state index is 0.874. The Bertz CT molecular complexity index is 554. The number of benzene rings is 2. The molecule has 0 spiro atoms. The number of rotatable bonds is 4. The highest BCUT2D eigenvalue weighted by Crippen LogP contribution is 2.30. The molecule has 0 radical (unpaired) electrons. The molecule has 0 saturated heterocycles. The van der Waals surface area contributed by atoms with Crippen LogP contribution in [0.25, 0.3) is 0 Å². The molecule has 0 amide bonds. The number of nitrogen functional groups attached to an aromatic ring is 1. The second-order valence-electron chi connectivity index (χ2n) is 4.79. The molecule has 0 bridgehead atoms. The fourth-order valence-corrected chi connectivity index (χ4v) is 3.41. The summed E-state index contributed by atoms with van der Waals surface area (Å²) in [5.74, 6) is 1.12. The van der Waals surface area contributed by atoms with E-state index < -0.39 is 0 Å². The molecule has 0 atom stereocenters. The van der Waals surface area contributed by atoms with Crippen LogP contribution in [-0.4, -0.2) is 18.8 Å². The predicted molar refractivity (Wildman–Crippen MR) is 83.9 cm³/mol. The van der Waals surface area contributed by atoms with E-state index in [1.807, 2.05) is 17.8 Å². The van der Waals surface area contributed by atoms with Crippen LogP contribution in [0.5, 0.6) is 0 Å². The van der Waals surface area contributed by atoms with Crippen molar-refractivity contribution in [2.45, 2.75) is 11.3 Å². The van der Waals surface area contributed by atoms with Crippen molar-refractivity contribution in [1.82, 2.24) is 0 Å². The number of hydrogen-bond donors (Lipinski definition) is 1. The van der Waals surface area contributed by atoms with E-state index in [0.717, 1.165) is 31.0 Å². The van der Waals surface area contributed by atoms with Crippen molar-refractivity contribution in [1.29, 1.82) is 0 Å². The zero-order chi connectivity index (χ0) is 13.1. The molecule has 0 aromatic heterocycles. The van der Waals surface area contributed by atoms with Gasteiger partial charge in [0.05, 0.1) is 0 Å². The lowest BCUT2D eigenvalue weighted by atomic mass is 10.1. The van der Waals surface area contributed by atoms with Gasteiger partial charge in [-0.25, -0.2) is 0 Å². The van der Waals surface area contributed by atoms with Gasteiger partial charge in [-0.15, -0.1) is 11.8 Å². The number of fused-ring (bicyclic) bond motifs is 1. The Labute approximate surface area is 118 Å². The largest absolute Gasteiger partial charge is 0.399 e. The molecule has 3 heteroatoms. The molecule has 1 heterocycles. The first kappa shape index (κ1) is 12.4. The fourth-order valence-electron chi connectivity index (χ4n) is 2.51. The Morgan fingerprint density at radius 2 is 1.95 bits per heavy atom. The molecule has 2 aromatic carbocycles. The van der Waals surface area contributed by atoms with Crippen LogP contribution in [-0.2, 0) is 6.42 Å². The Kier molecular flexibility index (Phi) is 3.65. The number of nitrogens with two attached hydrogens (primary N) is 1. The summed E-state index contributed by atoms with van der Waals surface area (Å²) >= 11 is 1.92. The van der Waals surface area contributed by atoms with E-state index >= 15 is 0 Å². The van der Waals surface area contributed by atoms with Crippen LogP contribution in [0.4, 0.5) is 11.4 Å². The lowest BCUT2D eigenvalue weighted by molar-refractivity contribution is 0.874. The van der Waals surface area contributed by atoms with Crippen molar-refractivity contribution in [3.63, 3.8) is 0 Å². The first-order valence-corrected chi connectivity index (χ1v) is 7.63. The topological polar surface area (TPSA) is 29.3 Å².